The van der Waals surface area contributed by atoms with Gasteiger partial charge in [0.15, 0.2) is 0 Å². The van der Waals surface area contributed by atoms with E-state index in [1.807, 2.05) is 0 Å². The van der Waals surface area contributed by atoms with Crippen molar-refractivity contribution in [3.63, 3.8) is 0 Å². The Hall–Kier alpha value is 1.82. The summed E-state index contributed by atoms with van der Waals surface area (Å²) in [5.41, 5.74) is 0. The van der Waals surface area contributed by atoms with E-state index < -0.39 is 20.2 Å². The summed E-state index contributed by atoms with van der Waals surface area (Å²) in [6.45, 7) is 4.42. The fraction of sp³-hybridized carbons (Fsp3) is 1.00. The van der Waals surface area contributed by atoms with Crippen LogP contribution >= 0.6 is 0 Å². The van der Waals surface area contributed by atoms with E-state index in [9.17, 15) is 25.9 Å². The normalized spacial score (nSPS) is 11.2. The van der Waals surface area contributed by atoms with Crippen LogP contribution in [0.15, 0.2) is 0 Å². The van der Waals surface area contributed by atoms with Crippen LogP contribution in [0.4, 0.5) is 0 Å². The molecule has 0 spiro atoms. The van der Waals surface area contributed by atoms with Crippen molar-refractivity contribution in [2.24, 2.45) is 0 Å². The maximum atomic E-state index is 10.3. The van der Waals surface area contributed by atoms with E-state index >= 15 is 0 Å². The molecule has 34 heavy (non-hydrogen) atoms. The second-order valence-electron chi connectivity index (χ2n) is 8.89. The molecule has 0 rings (SSSR count). The van der Waals surface area contributed by atoms with Gasteiger partial charge in [0.05, 0.1) is 20.2 Å². The smallest absolute Gasteiger partial charge is 0.748 e. The van der Waals surface area contributed by atoms with Gasteiger partial charge in [0.1, 0.15) is 0 Å². The van der Waals surface area contributed by atoms with Crippen LogP contribution in [0.5, 0.6) is 0 Å². The van der Waals surface area contributed by atoms with Gasteiger partial charge in [-0.05, 0) is 12.8 Å². The summed E-state index contributed by atoms with van der Waals surface area (Å²) in [4.78, 5) is 0. The van der Waals surface area contributed by atoms with Gasteiger partial charge >= 0.3 is 59.1 Å². The minimum atomic E-state index is -3.98. The molecule has 0 fully saturated rings. The second kappa shape index (κ2) is 31.0. The number of rotatable bonds is 22. The molecule has 0 radical (unpaired) electrons. The van der Waals surface area contributed by atoms with E-state index in [-0.39, 0.29) is 70.6 Å². The second-order valence-corrected chi connectivity index (χ2v) is 11.9. The molecule has 0 heterocycles. The van der Waals surface area contributed by atoms with Crippen molar-refractivity contribution < 1.29 is 85.1 Å². The maximum Gasteiger partial charge on any atom is 1.00 e. The summed E-state index contributed by atoms with van der Waals surface area (Å²) < 4.78 is 61.9. The van der Waals surface area contributed by atoms with E-state index in [1.165, 1.54) is 89.9 Å². The van der Waals surface area contributed by atoms with Gasteiger partial charge in [0, 0.05) is 11.5 Å². The van der Waals surface area contributed by atoms with Crippen LogP contribution < -0.4 is 59.1 Å². The van der Waals surface area contributed by atoms with E-state index in [1.54, 1.807) is 0 Å². The third-order valence-corrected chi connectivity index (χ3v) is 7.07. The van der Waals surface area contributed by atoms with E-state index in [4.69, 9.17) is 0 Å². The first-order valence-corrected chi connectivity index (χ1v) is 16.1. The van der Waals surface area contributed by atoms with Gasteiger partial charge in [-0.25, -0.2) is 16.8 Å². The minimum absolute atomic E-state index is 0. The summed E-state index contributed by atoms with van der Waals surface area (Å²) in [5, 5.41) is 0. The van der Waals surface area contributed by atoms with Crippen molar-refractivity contribution in [3.8, 4) is 0 Å². The predicted octanol–water partition coefficient (Wildman–Crippen LogP) is 0.913. The van der Waals surface area contributed by atoms with Crippen LogP contribution in [0.3, 0.4) is 0 Å². The first-order valence-electron chi connectivity index (χ1n) is 13.0. The van der Waals surface area contributed by atoms with Crippen LogP contribution in [0.1, 0.15) is 142 Å². The Balaban J connectivity index is -0.000000250. The standard InChI is InChI=1S/2C12H26O3S.2Na/c2*1-2-3-4-5-6-7-8-9-10-11-12-16(13,14)15;;/h2*2-12H2,1H3,(H,13,14,15);;/q;;2*+1/p-2. The van der Waals surface area contributed by atoms with Gasteiger partial charge in [0.25, 0.3) is 0 Å². The third kappa shape index (κ3) is 47.1. The van der Waals surface area contributed by atoms with Gasteiger partial charge in [0.2, 0.25) is 0 Å². The molecular weight excluding hydrogens is 494 g/mol. The van der Waals surface area contributed by atoms with Crippen LogP contribution in [0, 0.1) is 0 Å². The van der Waals surface area contributed by atoms with Crippen molar-refractivity contribution in [3.05, 3.63) is 0 Å². The molecular formula is C24H50Na2O6S2. The topological polar surface area (TPSA) is 114 Å². The largest absolute Gasteiger partial charge is 1.00 e. The molecule has 0 saturated carbocycles. The molecule has 0 amide bonds. The number of hydrogen-bond donors (Lipinski definition) is 0. The molecule has 0 aromatic rings. The Kier molecular flexibility index (Phi) is 39.2. The van der Waals surface area contributed by atoms with Gasteiger partial charge in [-0.2, -0.15) is 0 Å². The molecule has 0 saturated heterocycles. The van der Waals surface area contributed by atoms with Crippen molar-refractivity contribution in [1.82, 2.24) is 0 Å². The van der Waals surface area contributed by atoms with Crippen LogP contribution in [0.2, 0.25) is 0 Å². The van der Waals surface area contributed by atoms with E-state index in [0.717, 1.165) is 25.7 Å². The molecule has 0 N–H and O–H groups in total. The average Bonchev–Trinajstić information content (AvgIpc) is 2.70. The zero-order chi connectivity index (χ0) is 24.6. The van der Waals surface area contributed by atoms with Crippen LogP contribution in [0.25, 0.3) is 0 Å². The molecule has 0 aromatic heterocycles. The zero-order valence-electron chi connectivity index (χ0n) is 22.8. The maximum absolute atomic E-state index is 10.3. The van der Waals surface area contributed by atoms with E-state index in [2.05, 4.69) is 13.8 Å². The van der Waals surface area contributed by atoms with Crippen LogP contribution in [-0.4, -0.2) is 37.4 Å². The monoisotopic (exact) mass is 544 g/mol. The number of unbranched alkanes of at least 4 members (excludes halogenated alkanes) is 18. The number of hydrogen-bond acceptors (Lipinski definition) is 6. The molecule has 0 aliphatic heterocycles. The fourth-order valence-electron chi connectivity index (χ4n) is 3.53. The van der Waals surface area contributed by atoms with Crippen molar-refractivity contribution in [1.29, 1.82) is 0 Å². The Morgan fingerprint density at radius 3 is 0.735 bits per heavy atom. The Labute approximate surface area is 256 Å². The molecule has 0 aliphatic rings. The first-order chi connectivity index (χ1) is 15.1. The summed E-state index contributed by atoms with van der Waals surface area (Å²) in [5.74, 6) is -0.382. The van der Waals surface area contributed by atoms with Gasteiger partial charge in [-0.15, -0.1) is 0 Å². The molecule has 10 heteroatoms. The van der Waals surface area contributed by atoms with Crippen molar-refractivity contribution >= 4 is 20.2 Å². The molecule has 0 bridgehead atoms. The summed E-state index contributed by atoms with van der Waals surface area (Å²) in [6.07, 6.45) is 22.9. The Morgan fingerprint density at radius 1 is 0.382 bits per heavy atom. The van der Waals surface area contributed by atoms with E-state index in [0.29, 0.717) is 12.8 Å². The zero-order valence-corrected chi connectivity index (χ0v) is 28.5. The average molecular weight is 545 g/mol. The minimum Gasteiger partial charge on any atom is -0.748 e. The molecule has 6 nitrogen and oxygen atoms in total. The van der Waals surface area contributed by atoms with Crippen LogP contribution in [-0.2, 0) is 20.2 Å². The molecule has 0 unspecified atom stereocenters. The molecule has 0 aliphatic carbocycles. The summed E-state index contributed by atoms with van der Waals surface area (Å²) in [6, 6.07) is 0. The Morgan fingerprint density at radius 2 is 0.559 bits per heavy atom. The SMILES string of the molecule is CCCCCCCCCCCCS(=O)(=O)[O-].CCCCCCCCCCCCS(=O)(=O)[O-].[Na+].[Na+]. The van der Waals surface area contributed by atoms with Gasteiger partial charge < -0.3 is 9.11 Å². The molecule has 0 atom stereocenters. The first kappa shape index (κ1) is 42.9. The molecule has 196 valence electrons. The Bertz CT molecular complexity index is 532. The quantitative estimate of drug-likeness (QED) is 0.114. The van der Waals surface area contributed by atoms with Crippen molar-refractivity contribution in [2.75, 3.05) is 11.5 Å². The molecule has 0 aromatic carbocycles. The summed E-state index contributed by atoms with van der Waals surface area (Å²) >= 11 is 0. The summed E-state index contributed by atoms with van der Waals surface area (Å²) in [7, 11) is -7.96. The third-order valence-electron chi connectivity index (χ3n) is 5.50. The predicted molar refractivity (Wildman–Crippen MR) is 133 cm³/mol. The fourth-order valence-corrected chi connectivity index (χ4v) is 4.65. The van der Waals surface area contributed by atoms with Gasteiger partial charge in [-0.1, -0.05) is 129 Å². The van der Waals surface area contributed by atoms with Crippen molar-refractivity contribution in [2.45, 2.75) is 142 Å². The van der Waals surface area contributed by atoms with Gasteiger partial charge in [-0.3, -0.25) is 0 Å².